The molecule has 0 spiro atoms. The lowest BCUT2D eigenvalue weighted by molar-refractivity contribution is 0.0306. The molecule has 0 aliphatic heterocycles. The Hall–Kier alpha value is -2.12. The zero-order valence-electron chi connectivity index (χ0n) is 19.2. The molecular formula is C24H38N2O4. The molecule has 4 N–H and O–H groups in total. The van der Waals surface area contributed by atoms with Gasteiger partial charge in [0.05, 0.1) is 25.4 Å². The van der Waals surface area contributed by atoms with Crippen LogP contribution in [0.2, 0.25) is 0 Å². The summed E-state index contributed by atoms with van der Waals surface area (Å²) < 4.78 is 10.4. The Morgan fingerprint density at radius 2 is 1.07 bits per heavy atom. The van der Waals surface area contributed by atoms with Gasteiger partial charge < -0.3 is 25.4 Å². The molecule has 0 heterocycles. The maximum atomic E-state index is 10.2. The highest BCUT2D eigenvalue weighted by Crippen LogP contribution is 2.18. The lowest BCUT2D eigenvalue weighted by Gasteiger charge is -2.29. The van der Waals surface area contributed by atoms with E-state index in [2.05, 4.69) is 29.2 Å². The third-order valence-electron chi connectivity index (χ3n) is 4.24. The minimum atomic E-state index is -0.751. The average Bonchev–Trinajstić information content (AvgIpc) is 2.68. The molecule has 0 amide bonds. The second kappa shape index (κ2) is 11.9. The van der Waals surface area contributed by atoms with Gasteiger partial charge in [0.2, 0.25) is 0 Å². The van der Waals surface area contributed by atoms with Gasteiger partial charge in [0, 0.05) is 26.2 Å². The maximum Gasteiger partial charge on any atom is 0.118 e. The number of ether oxygens (including phenoxy) is 2. The number of nitrogens with two attached hydrogens (primary N) is 1. The third-order valence-corrected chi connectivity index (χ3v) is 4.24. The second-order valence-corrected chi connectivity index (χ2v) is 8.67. The standard InChI is InChI=1S/C20H27NO3.C4H11NO/c1-20(2,22)15-21(13-16-5-9-18(23-3)10-6-16)14-17-7-11-19(24-4)12-8-17;1-4(2,6)3-5/h5-12,22H,13-15H2,1-4H3;6H,3,5H2,1-2H3. The monoisotopic (exact) mass is 418 g/mol. The quantitative estimate of drug-likeness (QED) is 0.580. The van der Waals surface area contributed by atoms with E-state index < -0.39 is 11.2 Å². The van der Waals surface area contributed by atoms with E-state index in [4.69, 9.17) is 20.3 Å². The van der Waals surface area contributed by atoms with Gasteiger partial charge in [-0.25, -0.2) is 0 Å². The number of hydrogen-bond donors (Lipinski definition) is 3. The van der Waals surface area contributed by atoms with Crippen molar-refractivity contribution in [2.75, 3.05) is 27.3 Å². The van der Waals surface area contributed by atoms with Crippen LogP contribution in [-0.4, -0.2) is 53.6 Å². The minimum absolute atomic E-state index is 0.326. The lowest BCUT2D eigenvalue weighted by Crippen LogP contribution is -2.37. The fraction of sp³-hybridized carbons (Fsp3) is 0.500. The van der Waals surface area contributed by atoms with E-state index in [1.165, 1.54) is 11.1 Å². The van der Waals surface area contributed by atoms with Crippen LogP contribution in [0.3, 0.4) is 0 Å². The molecule has 0 atom stereocenters. The molecule has 2 aromatic rings. The fourth-order valence-electron chi connectivity index (χ4n) is 2.69. The van der Waals surface area contributed by atoms with Gasteiger partial charge in [-0.05, 0) is 63.1 Å². The van der Waals surface area contributed by atoms with Gasteiger partial charge in [-0.1, -0.05) is 24.3 Å². The van der Waals surface area contributed by atoms with Gasteiger partial charge in [-0.15, -0.1) is 0 Å². The summed E-state index contributed by atoms with van der Waals surface area (Å²) in [7, 11) is 3.33. The van der Waals surface area contributed by atoms with Gasteiger partial charge in [0.15, 0.2) is 0 Å². The summed E-state index contributed by atoms with van der Waals surface area (Å²) in [5, 5.41) is 18.9. The van der Waals surface area contributed by atoms with Crippen LogP contribution in [0.4, 0.5) is 0 Å². The van der Waals surface area contributed by atoms with E-state index in [1.807, 2.05) is 38.1 Å². The summed E-state index contributed by atoms with van der Waals surface area (Å²) in [5.41, 5.74) is 6.00. The van der Waals surface area contributed by atoms with Crippen LogP contribution in [0.25, 0.3) is 0 Å². The summed E-state index contributed by atoms with van der Waals surface area (Å²) in [6, 6.07) is 16.1. The van der Waals surface area contributed by atoms with Crippen molar-refractivity contribution in [3.05, 3.63) is 59.7 Å². The van der Waals surface area contributed by atoms with Gasteiger partial charge in [0.1, 0.15) is 11.5 Å². The van der Waals surface area contributed by atoms with E-state index in [9.17, 15) is 5.11 Å². The van der Waals surface area contributed by atoms with E-state index in [1.54, 1.807) is 28.1 Å². The second-order valence-electron chi connectivity index (χ2n) is 8.67. The Bertz CT molecular complexity index is 667. The van der Waals surface area contributed by atoms with Crippen LogP contribution in [-0.2, 0) is 13.1 Å². The van der Waals surface area contributed by atoms with Crippen LogP contribution < -0.4 is 15.2 Å². The Balaban J connectivity index is 0.000000656. The molecule has 168 valence electrons. The van der Waals surface area contributed by atoms with Gasteiger partial charge in [0.25, 0.3) is 0 Å². The Morgan fingerprint density at radius 3 is 1.30 bits per heavy atom. The first-order valence-corrected chi connectivity index (χ1v) is 10.1. The number of rotatable bonds is 9. The molecule has 2 rings (SSSR count). The minimum Gasteiger partial charge on any atom is -0.497 e. The van der Waals surface area contributed by atoms with Crippen molar-refractivity contribution < 1.29 is 19.7 Å². The molecule has 0 saturated carbocycles. The van der Waals surface area contributed by atoms with Crippen LogP contribution in [0.15, 0.2) is 48.5 Å². The summed E-state index contributed by atoms with van der Waals surface area (Å²) in [6.45, 7) is 9.46. The van der Waals surface area contributed by atoms with Crippen molar-refractivity contribution in [2.45, 2.75) is 52.0 Å². The van der Waals surface area contributed by atoms with E-state index >= 15 is 0 Å². The molecule has 0 aromatic heterocycles. The molecule has 0 unspecified atom stereocenters. The smallest absolute Gasteiger partial charge is 0.118 e. The molecule has 0 radical (unpaired) electrons. The number of methoxy groups -OCH3 is 2. The van der Waals surface area contributed by atoms with Gasteiger partial charge in [-0.2, -0.15) is 0 Å². The molecule has 6 heteroatoms. The summed E-state index contributed by atoms with van der Waals surface area (Å²) in [6.07, 6.45) is 0. The number of nitrogens with zero attached hydrogens (tertiary/aromatic N) is 1. The Kier molecular flexibility index (Phi) is 10.3. The number of benzene rings is 2. The molecule has 0 saturated heterocycles. The van der Waals surface area contributed by atoms with E-state index in [0.717, 1.165) is 24.6 Å². The third kappa shape index (κ3) is 11.2. The fourth-order valence-corrected chi connectivity index (χ4v) is 2.69. The van der Waals surface area contributed by atoms with Crippen LogP contribution in [0.5, 0.6) is 11.5 Å². The summed E-state index contributed by atoms with van der Waals surface area (Å²) in [4.78, 5) is 2.24. The Labute approximate surface area is 181 Å². The van der Waals surface area contributed by atoms with Crippen molar-refractivity contribution in [3.8, 4) is 11.5 Å². The normalized spacial score (nSPS) is 11.7. The first-order chi connectivity index (χ1) is 14.0. The van der Waals surface area contributed by atoms with Crippen LogP contribution in [0.1, 0.15) is 38.8 Å². The topological polar surface area (TPSA) is 88.2 Å². The Morgan fingerprint density at radius 1 is 0.733 bits per heavy atom. The van der Waals surface area contributed by atoms with Crippen LogP contribution >= 0.6 is 0 Å². The molecule has 2 aromatic carbocycles. The highest BCUT2D eigenvalue weighted by Gasteiger charge is 2.19. The zero-order chi connectivity index (χ0) is 22.8. The predicted molar refractivity (Wildman–Crippen MR) is 122 cm³/mol. The molecular weight excluding hydrogens is 380 g/mol. The van der Waals surface area contributed by atoms with Gasteiger partial charge in [-0.3, -0.25) is 4.90 Å². The van der Waals surface area contributed by atoms with Crippen molar-refractivity contribution in [3.63, 3.8) is 0 Å². The summed E-state index contributed by atoms with van der Waals surface area (Å²) in [5.74, 6) is 1.70. The molecule has 0 aliphatic carbocycles. The summed E-state index contributed by atoms with van der Waals surface area (Å²) >= 11 is 0. The van der Waals surface area contributed by atoms with Crippen LogP contribution in [0, 0.1) is 0 Å². The SMILES string of the molecule is CC(C)(O)CN.COc1ccc(CN(Cc2ccc(OC)cc2)CC(C)(C)O)cc1. The average molecular weight is 419 g/mol. The largest absolute Gasteiger partial charge is 0.497 e. The van der Waals surface area contributed by atoms with Crippen molar-refractivity contribution in [1.82, 2.24) is 4.90 Å². The van der Waals surface area contributed by atoms with Crippen molar-refractivity contribution in [2.24, 2.45) is 5.73 Å². The lowest BCUT2D eigenvalue weighted by atomic mass is 10.1. The van der Waals surface area contributed by atoms with E-state index in [-0.39, 0.29) is 0 Å². The molecule has 0 bridgehead atoms. The van der Waals surface area contributed by atoms with Crippen molar-refractivity contribution >= 4 is 0 Å². The number of hydrogen-bond acceptors (Lipinski definition) is 6. The van der Waals surface area contributed by atoms with E-state index in [0.29, 0.717) is 13.1 Å². The highest BCUT2D eigenvalue weighted by atomic mass is 16.5. The van der Waals surface area contributed by atoms with Crippen molar-refractivity contribution in [1.29, 1.82) is 0 Å². The molecule has 0 fully saturated rings. The van der Waals surface area contributed by atoms with Gasteiger partial charge >= 0.3 is 0 Å². The molecule has 30 heavy (non-hydrogen) atoms. The zero-order valence-corrected chi connectivity index (χ0v) is 19.2. The maximum absolute atomic E-state index is 10.2. The first-order valence-electron chi connectivity index (χ1n) is 10.1. The predicted octanol–water partition coefficient (Wildman–Crippen LogP) is 3.19. The highest BCUT2D eigenvalue weighted by molar-refractivity contribution is 5.28. The molecule has 0 aliphatic rings. The first kappa shape index (κ1) is 25.9. The molecule has 6 nitrogen and oxygen atoms in total. The number of aliphatic hydroxyl groups is 2.